The number of rotatable bonds is 6. The smallest absolute Gasteiger partial charge is 0.305 e. The fourth-order valence-corrected chi connectivity index (χ4v) is 2.51. The van der Waals surface area contributed by atoms with Crippen LogP contribution in [0.15, 0.2) is 35.1 Å². The Morgan fingerprint density at radius 1 is 1.40 bits per heavy atom. The van der Waals surface area contributed by atoms with Crippen LogP contribution in [0.5, 0.6) is 0 Å². The molecule has 0 aliphatic rings. The second-order valence-corrected chi connectivity index (χ2v) is 5.85. The number of amides is 1. The van der Waals surface area contributed by atoms with Gasteiger partial charge >= 0.3 is 5.97 Å². The topological polar surface area (TPSA) is 110 Å². The summed E-state index contributed by atoms with van der Waals surface area (Å²) >= 11 is 0. The molecule has 1 amide bonds. The number of carboxylic acid groups (broad SMARTS) is 1. The van der Waals surface area contributed by atoms with Crippen LogP contribution in [0.4, 0.5) is 0 Å². The van der Waals surface area contributed by atoms with E-state index in [1.54, 1.807) is 29.1 Å². The Labute approximate surface area is 143 Å². The minimum absolute atomic E-state index is 0.0480. The number of hydrogen-bond donors (Lipinski definition) is 2. The number of nitrogens with one attached hydrogen (secondary N) is 1. The molecule has 130 valence electrons. The van der Waals surface area contributed by atoms with Crippen molar-refractivity contribution in [1.82, 2.24) is 20.1 Å². The lowest BCUT2D eigenvalue weighted by molar-refractivity contribution is -0.136. The fourth-order valence-electron chi connectivity index (χ4n) is 2.51. The zero-order valence-electron chi connectivity index (χ0n) is 13.9. The van der Waals surface area contributed by atoms with Gasteiger partial charge in [0.15, 0.2) is 11.4 Å². The number of hydrogen-bond acceptors (Lipinski definition) is 5. The van der Waals surface area contributed by atoms with E-state index in [1.807, 2.05) is 13.8 Å². The number of carboxylic acids is 1. The third-order valence-electron chi connectivity index (χ3n) is 3.70. The highest BCUT2D eigenvalue weighted by Crippen LogP contribution is 2.26. The van der Waals surface area contributed by atoms with E-state index in [2.05, 4.69) is 15.4 Å². The number of nitrogens with zero attached hydrogens (tertiary/aromatic N) is 3. The molecule has 0 aliphatic carbocycles. The molecule has 0 bridgehead atoms. The maximum atomic E-state index is 12.5. The summed E-state index contributed by atoms with van der Waals surface area (Å²) in [6.07, 6.45) is 2.99. The minimum atomic E-state index is -0.968. The van der Waals surface area contributed by atoms with Gasteiger partial charge in [-0.2, -0.15) is 5.10 Å². The maximum absolute atomic E-state index is 12.5. The molecule has 0 fully saturated rings. The van der Waals surface area contributed by atoms with E-state index in [0.717, 1.165) is 0 Å². The molecular weight excluding hydrogens is 324 g/mol. The molecule has 25 heavy (non-hydrogen) atoms. The zero-order valence-corrected chi connectivity index (χ0v) is 13.9. The molecule has 0 aliphatic heterocycles. The SMILES string of the molecule is CC(C)n1ncc2c(C(=O)NCCC(=O)O)cc(-c3ccco3)nc21. The molecule has 8 nitrogen and oxygen atoms in total. The fraction of sp³-hybridized carbons (Fsp3) is 0.294. The number of furan rings is 1. The highest BCUT2D eigenvalue weighted by atomic mass is 16.4. The van der Waals surface area contributed by atoms with Crippen molar-refractivity contribution in [3.63, 3.8) is 0 Å². The van der Waals surface area contributed by atoms with Crippen LogP contribution >= 0.6 is 0 Å². The van der Waals surface area contributed by atoms with Gasteiger partial charge in [0.1, 0.15) is 5.69 Å². The first-order chi connectivity index (χ1) is 12.0. The van der Waals surface area contributed by atoms with Crippen molar-refractivity contribution in [3.05, 3.63) is 36.2 Å². The summed E-state index contributed by atoms with van der Waals surface area (Å²) in [6.45, 7) is 3.99. The van der Waals surface area contributed by atoms with Crippen LogP contribution in [0.25, 0.3) is 22.5 Å². The highest BCUT2D eigenvalue weighted by molar-refractivity contribution is 6.06. The maximum Gasteiger partial charge on any atom is 0.305 e. The van der Waals surface area contributed by atoms with Crippen LogP contribution < -0.4 is 5.32 Å². The first-order valence-electron chi connectivity index (χ1n) is 7.89. The Kier molecular flexibility index (Phi) is 4.51. The average Bonchev–Trinajstić information content (AvgIpc) is 3.22. The molecule has 0 spiro atoms. The Hall–Kier alpha value is -3.16. The highest BCUT2D eigenvalue weighted by Gasteiger charge is 2.19. The van der Waals surface area contributed by atoms with E-state index in [9.17, 15) is 9.59 Å². The normalized spacial score (nSPS) is 11.2. The van der Waals surface area contributed by atoms with Gasteiger partial charge in [0.05, 0.1) is 29.8 Å². The number of carbonyl (C=O) groups excluding carboxylic acids is 1. The van der Waals surface area contributed by atoms with E-state index in [-0.39, 0.29) is 24.9 Å². The number of fused-ring (bicyclic) bond motifs is 1. The van der Waals surface area contributed by atoms with Crippen molar-refractivity contribution in [3.8, 4) is 11.5 Å². The number of pyridine rings is 1. The minimum Gasteiger partial charge on any atom is -0.481 e. The molecule has 0 radical (unpaired) electrons. The summed E-state index contributed by atoms with van der Waals surface area (Å²) in [6, 6.07) is 5.20. The summed E-state index contributed by atoms with van der Waals surface area (Å²) in [5.74, 6) is -0.799. The van der Waals surface area contributed by atoms with Gasteiger partial charge in [-0.3, -0.25) is 9.59 Å². The van der Waals surface area contributed by atoms with Crippen LogP contribution in [0.3, 0.4) is 0 Å². The second-order valence-electron chi connectivity index (χ2n) is 5.85. The van der Waals surface area contributed by atoms with Crippen molar-refractivity contribution >= 4 is 22.9 Å². The predicted octanol–water partition coefficient (Wildman–Crippen LogP) is 2.48. The van der Waals surface area contributed by atoms with Crippen molar-refractivity contribution in [2.45, 2.75) is 26.3 Å². The molecule has 0 aromatic carbocycles. The van der Waals surface area contributed by atoms with Crippen LogP contribution in [0, 0.1) is 0 Å². The van der Waals surface area contributed by atoms with Gasteiger partial charge in [-0.05, 0) is 32.0 Å². The van der Waals surface area contributed by atoms with E-state index >= 15 is 0 Å². The van der Waals surface area contributed by atoms with Crippen LogP contribution in [-0.2, 0) is 4.79 Å². The van der Waals surface area contributed by atoms with Gasteiger partial charge in [0, 0.05) is 12.6 Å². The van der Waals surface area contributed by atoms with Crippen LogP contribution in [-0.4, -0.2) is 38.3 Å². The number of aromatic nitrogens is 3. The van der Waals surface area contributed by atoms with Gasteiger partial charge in [-0.1, -0.05) is 0 Å². The third-order valence-corrected chi connectivity index (χ3v) is 3.70. The van der Waals surface area contributed by atoms with Crippen molar-refractivity contribution in [2.75, 3.05) is 6.54 Å². The molecule has 3 rings (SSSR count). The standard InChI is InChI=1S/C17H18N4O4/c1-10(2)21-16-12(9-19-21)11(17(24)18-6-5-15(22)23)8-13(20-16)14-4-3-7-25-14/h3-4,7-10H,5-6H2,1-2H3,(H,18,24)(H,22,23). The molecule has 0 saturated heterocycles. The molecule has 3 aromatic rings. The Morgan fingerprint density at radius 2 is 2.20 bits per heavy atom. The molecule has 0 unspecified atom stereocenters. The molecule has 3 aromatic heterocycles. The average molecular weight is 342 g/mol. The number of aliphatic carboxylic acids is 1. The second kappa shape index (κ2) is 6.76. The van der Waals surface area contributed by atoms with Gasteiger partial charge in [-0.25, -0.2) is 9.67 Å². The lowest BCUT2D eigenvalue weighted by atomic mass is 10.1. The van der Waals surface area contributed by atoms with Crippen LogP contribution in [0.1, 0.15) is 36.7 Å². The Bertz CT molecular complexity index is 912. The summed E-state index contributed by atoms with van der Waals surface area (Å²) in [5.41, 5.74) is 1.48. The van der Waals surface area contributed by atoms with Crippen molar-refractivity contribution in [1.29, 1.82) is 0 Å². The molecule has 8 heteroatoms. The van der Waals surface area contributed by atoms with Gasteiger partial charge in [0.2, 0.25) is 0 Å². The van der Waals surface area contributed by atoms with Gasteiger partial charge < -0.3 is 14.8 Å². The van der Waals surface area contributed by atoms with E-state index in [0.29, 0.717) is 28.1 Å². The first-order valence-corrected chi connectivity index (χ1v) is 7.89. The summed E-state index contributed by atoms with van der Waals surface area (Å²) in [4.78, 5) is 27.8. The largest absolute Gasteiger partial charge is 0.481 e. The van der Waals surface area contributed by atoms with E-state index < -0.39 is 5.97 Å². The molecule has 0 atom stereocenters. The molecule has 3 heterocycles. The summed E-state index contributed by atoms with van der Waals surface area (Å²) in [7, 11) is 0. The third kappa shape index (κ3) is 3.37. The lowest BCUT2D eigenvalue weighted by Gasteiger charge is -2.10. The van der Waals surface area contributed by atoms with Crippen molar-refractivity contribution in [2.24, 2.45) is 0 Å². The van der Waals surface area contributed by atoms with Gasteiger partial charge in [-0.15, -0.1) is 0 Å². The molecule has 0 saturated carbocycles. The number of carbonyl (C=O) groups is 2. The lowest BCUT2D eigenvalue weighted by Crippen LogP contribution is -2.26. The summed E-state index contributed by atoms with van der Waals surface area (Å²) in [5, 5.41) is 16.3. The first kappa shape index (κ1) is 16.7. The van der Waals surface area contributed by atoms with Crippen LogP contribution in [0.2, 0.25) is 0 Å². The predicted molar refractivity (Wildman–Crippen MR) is 90.2 cm³/mol. The quantitative estimate of drug-likeness (QED) is 0.712. The van der Waals surface area contributed by atoms with Gasteiger partial charge in [0.25, 0.3) is 5.91 Å². The Balaban J connectivity index is 2.06. The Morgan fingerprint density at radius 3 is 2.84 bits per heavy atom. The van der Waals surface area contributed by atoms with E-state index in [4.69, 9.17) is 9.52 Å². The van der Waals surface area contributed by atoms with Crippen molar-refractivity contribution < 1.29 is 19.1 Å². The monoisotopic (exact) mass is 342 g/mol. The molecule has 2 N–H and O–H groups in total. The molecular formula is C17H18N4O4. The van der Waals surface area contributed by atoms with E-state index in [1.165, 1.54) is 6.26 Å². The zero-order chi connectivity index (χ0) is 18.0. The summed E-state index contributed by atoms with van der Waals surface area (Å²) < 4.78 is 7.12.